The number of carbonyl (C=O) groups is 1. The van der Waals surface area contributed by atoms with Gasteiger partial charge in [0.2, 0.25) is 0 Å². The number of hydrogen-bond acceptors (Lipinski definition) is 2. The molecule has 0 saturated carbocycles. The molecule has 2 heterocycles. The van der Waals surface area contributed by atoms with Gasteiger partial charge in [0.15, 0.2) is 0 Å². The lowest BCUT2D eigenvalue weighted by Crippen LogP contribution is -2.25. The second-order valence-electron chi connectivity index (χ2n) is 6.09. The van der Waals surface area contributed by atoms with Crippen molar-refractivity contribution in [1.82, 2.24) is 0 Å². The SMILES string of the molecule is O=C1OC2CCCCCCCC1CCCCCC2. The summed E-state index contributed by atoms with van der Waals surface area (Å²) < 4.78 is 5.78. The number of carbonyl (C=O) groups excluding carboxylic acids is 1. The summed E-state index contributed by atoms with van der Waals surface area (Å²) in [6.45, 7) is 0. The fourth-order valence-corrected chi connectivity index (χ4v) is 3.31. The summed E-state index contributed by atoms with van der Waals surface area (Å²) in [5, 5.41) is 0. The molecule has 2 aliphatic rings. The summed E-state index contributed by atoms with van der Waals surface area (Å²) in [7, 11) is 0. The molecule has 2 bridgehead atoms. The van der Waals surface area contributed by atoms with E-state index in [-0.39, 0.29) is 18.0 Å². The highest BCUT2D eigenvalue weighted by Gasteiger charge is 2.24. The predicted octanol–water partition coefficient (Wildman–Crippen LogP) is 4.61. The molecule has 0 aromatic rings. The first kappa shape index (κ1) is 13.9. The topological polar surface area (TPSA) is 26.3 Å². The molecule has 0 aromatic carbocycles. The zero-order valence-electron chi connectivity index (χ0n) is 11.7. The molecule has 104 valence electrons. The third kappa shape index (κ3) is 4.62. The van der Waals surface area contributed by atoms with Gasteiger partial charge in [0.25, 0.3) is 0 Å². The lowest BCUT2D eigenvalue weighted by molar-refractivity contribution is -0.155. The maximum Gasteiger partial charge on any atom is 0.309 e. The average Bonchev–Trinajstić information content (AvgIpc) is 2.41. The first-order valence-corrected chi connectivity index (χ1v) is 8.07. The minimum atomic E-state index is 0.115. The van der Waals surface area contributed by atoms with E-state index in [2.05, 4.69) is 0 Å². The highest BCUT2D eigenvalue weighted by atomic mass is 16.5. The normalized spacial score (nSPS) is 32.3. The fraction of sp³-hybridized carbons (Fsp3) is 0.938. The molecule has 0 aromatic heterocycles. The van der Waals surface area contributed by atoms with Crippen molar-refractivity contribution in [2.45, 2.75) is 89.6 Å². The molecule has 2 nitrogen and oxygen atoms in total. The molecule has 2 unspecified atom stereocenters. The van der Waals surface area contributed by atoms with E-state index in [1.165, 1.54) is 57.8 Å². The quantitative estimate of drug-likeness (QED) is 0.588. The molecule has 2 saturated heterocycles. The molecule has 2 aliphatic heterocycles. The molecule has 2 fully saturated rings. The van der Waals surface area contributed by atoms with E-state index in [0.29, 0.717) is 0 Å². The molecule has 0 radical (unpaired) electrons. The summed E-state index contributed by atoms with van der Waals surface area (Å²) in [6, 6.07) is 0. The summed E-state index contributed by atoms with van der Waals surface area (Å²) >= 11 is 0. The Hall–Kier alpha value is -0.530. The van der Waals surface area contributed by atoms with Gasteiger partial charge in [0.1, 0.15) is 6.10 Å². The van der Waals surface area contributed by atoms with Crippen molar-refractivity contribution < 1.29 is 9.53 Å². The lowest BCUT2D eigenvalue weighted by Gasteiger charge is -2.23. The maximum absolute atomic E-state index is 12.2. The number of hydrogen-bond donors (Lipinski definition) is 0. The second-order valence-corrected chi connectivity index (χ2v) is 6.09. The van der Waals surface area contributed by atoms with Crippen LogP contribution in [0.25, 0.3) is 0 Å². The van der Waals surface area contributed by atoms with E-state index in [1.54, 1.807) is 0 Å². The predicted molar refractivity (Wildman–Crippen MR) is 73.4 cm³/mol. The van der Waals surface area contributed by atoms with E-state index in [4.69, 9.17) is 4.74 Å². The summed E-state index contributed by atoms with van der Waals surface area (Å²) in [5.74, 6) is 0.312. The van der Waals surface area contributed by atoms with Crippen molar-refractivity contribution in [2.75, 3.05) is 0 Å². The minimum absolute atomic E-state index is 0.115. The van der Waals surface area contributed by atoms with E-state index < -0.39 is 0 Å². The zero-order valence-corrected chi connectivity index (χ0v) is 11.7. The third-order valence-corrected chi connectivity index (χ3v) is 4.52. The lowest BCUT2D eigenvalue weighted by atomic mass is 9.94. The van der Waals surface area contributed by atoms with Crippen LogP contribution in [0.4, 0.5) is 0 Å². The van der Waals surface area contributed by atoms with Gasteiger partial charge >= 0.3 is 5.97 Å². The van der Waals surface area contributed by atoms with Crippen LogP contribution < -0.4 is 0 Å². The molecule has 0 aliphatic carbocycles. The Labute approximate surface area is 111 Å². The van der Waals surface area contributed by atoms with Crippen molar-refractivity contribution in [3.8, 4) is 0 Å². The van der Waals surface area contributed by atoms with Gasteiger partial charge in [-0.3, -0.25) is 4.79 Å². The van der Waals surface area contributed by atoms with Crippen LogP contribution in [0.15, 0.2) is 0 Å². The Kier molecular flexibility index (Phi) is 6.02. The average molecular weight is 252 g/mol. The van der Waals surface area contributed by atoms with Crippen LogP contribution in [-0.4, -0.2) is 12.1 Å². The van der Waals surface area contributed by atoms with Crippen molar-refractivity contribution in [3.63, 3.8) is 0 Å². The van der Waals surface area contributed by atoms with Gasteiger partial charge in [0.05, 0.1) is 5.92 Å². The van der Waals surface area contributed by atoms with Crippen LogP contribution in [0.2, 0.25) is 0 Å². The van der Waals surface area contributed by atoms with Gasteiger partial charge in [-0.25, -0.2) is 0 Å². The number of ether oxygens (including phenoxy) is 1. The number of esters is 1. The fourth-order valence-electron chi connectivity index (χ4n) is 3.31. The van der Waals surface area contributed by atoms with E-state index in [0.717, 1.165) is 25.7 Å². The Morgan fingerprint density at radius 2 is 1.11 bits per heavy atom. The van der Waals surface area contributed by atoms with Gasteiger partial charge in [-0.05, 0) is 38.5 Å². The van der Waals surface area contributed by atoms with Crippen molar-refractivity contribution >= 4 is 5.97 Å². The molecule has 0 amide bonds. The summed E-state index contributed by atoms with van der Waals surface area (Å²) in [5.41, 5.74) is 0. The summed E-state index contributed by atoms with van der Waals surface area (Å²) in [6.07, 6.45) is 16.0. The maximum atomic E-state index is 12.2. The van der Waals surface area contributed by atoms with Crippen LogP contribution in [-0.2, 0) is 9.53 Å². The van der Waals surface area contributed by atoms with Crippen molar-refractivity contribution in [2.24, 2.45) is 5.92 Å². The highest BCUT2D eigenvalue weighted by molar-refractivity contribution is 5.72. The van der Waals surface area contributed by atoms with Gasteiger partial charge < -0.3 is 4.74 Å². The molecule has 2 rings (SSSR count). The minimum Gasteiger partial charge on any atom is -0.462 e. The van der Waals surface area contributed by atoms with Gasteiger partial charge in [-0.1, -0.05) is 44.9 Å². The van der Waals surface area contributed by atoms with Crippen LogP contribution >= 0.6 is 0 Å². The first-order chi connectivity index (χ1) is 8.86. The van der Waals surface area contributed by atoms with Crippen LogP contribution in [0.5, 0.6) is 0 Å². The molecular formula is C16H28O2. The number of rotatable bonds is 0. The smallest absolute Gasteiger partial charge is 0.309 e. The number of fused-ring (bicyclic) bond motifs is 3. The van der Waals surface area contributed by atoms with Crippen molar-refractivity contribution in [1.29, 1.82) is 0 Å². The first-order valence-electron chi connectivity index (χ1n) is 8.07. The van der Waals surface area contributed by atoms with Crippen LogP contribution in [0.1, 0.15) is 83.5 Å². The van der Waals surface area contributed by atoms with Crippen LogP contribution in [0.3, 0.4) is 0 Å². The summed E-state index contributed by atoms with van der Waals surface area (Å²) in [4.78, 5) is 12.2. The van der Waals surface area contributed by atoms with Crippen molar-refractivity contribution in [3.05, 3.63) is 0 Å². The Balaban J connectivity index is 2.00. The molecular weight excluding hydrogens is 224 g/mol. The zero-order chi connectivity index (χ0) is 12.6. The highest BCUT2D eigenvalue weighted by Crippen LogP contribution is 2.26. The molecule has 18 heavy (non-hydrogen) atoms. The van der Waals surface area contributed by atoms with Gasteiger partial charge in [-0.15, -0.1) is 0 Å². The molecule has 0 spiro atoms. The third-order valence-electron chi connectivity index (χ3n) is 4.52. The van der Waals surface area contributed by atoms with E-state index in [9.17, 15) is 4.79 Å². The second kappa shape index (κ2) is 7.81. The monoisotopic (exact) mass is 252 g/mol. The largest absolute Gasteiger partial charge is 0.462 e. The Morgan fingerprint density at radius 1 is 0.667 bits per heavy atom. The Bertz CT molecular complexity index is 249. The van der Waals surface area contributed by atoms with Gasteiger partial charge in [-0.2, -0.15) is 0 Å². The molecule has 0 N–H and O–H groups in total. The molecule has 2 heteroatoms. The standard InChI is InChI=1S/C16H28O2/c17-16-14-10-6-2-1-3-8-12-15(18-16)13-9-5-4-7-11-14/h14-15H,1-13H2. The Morgan fingerprint density at radius 3 is 1.67 bits per heavy atom. The van der Waals surface area contributed by atoms with E-state index >= 15 is 0 Å². The van der Waals surface area contributed by atoms with Crippen LogP contribution in [0, 0.1) is 5.92 Å². The molecule has 2 atom stereocenters. The van der Waals surface area contributed by atoms with Gasteiger partial charge in [0, 0.05) is 0 Å². The van der Waals surface area contributed by atoms with E-state index in [1.807, 2.05) is 0 Å².